The van der Waals surface area contributed by atoms with E-state index < -0.39 is 0 Å². The molecular formula is C11H20O. The summed E-state index contributed by atoms with van der Waals surface area (Å²) < 4.78 is 0. The van der Waals surface area contributed by atoms with Crippen molar-refractivity contribution in [3.8, 4) is 0 Å². The monoisotopic (exact) mass is 168 g/mol. The summed E-state index contributed by atoms with van der Waals surface area (Å²) in [5.41, 5.74) is 0.357. The highest BCUT2D eigenvalue weighted by molar-refractivity contribution is 5.79. The highest BCUT2D eigenvalue weighted by Crippen LogP contribution is 2.49. The van der Waals surface area contributed by atoms with E-state index in [1.165, 1.54) is 0 Å². The van der Waals surface area contributed by atoms with Crippen LogP contribution in [-0.2, 0) is 4.79 Å². The van der Waals surface area contributed by atoms with Crippen LogP contribution < -0.4 is 0 Å². The molecule has 0 aromatic rings. The maximum atomic E-state index is 11.3. The van der Waals surface area contributed by atoms with Gasteiger partial charge in [-0.3, -0.25) is 4.79 Å². The average molecular weight is 168 g/mol. The van der Waals surface area contributed by atoms with E-state index in [0.717, 1.165) is 6.42 Å². The van der Waals surface area contributed by atoms with Crippen LogP contribution in [0.5, 0.6) is 0 Å². The molecule has 1 nitrogen and oxygen atoms in total. The van der Waals surface area contributed by atoms with E-state index in [9.17, 15) is 4.79 Å². The van der Waals surface area contributed by atoms with E-state index in [0.29, 0.717) is 29.0 Å². The minimum atomic E-state index is 0.315. The van der Waals surface area contributed by atoms with E-state index in [4.69, 9.17) is 0 Å². The predicted octanol–water partition coefficient (Wildman–Crippen LogP) is 2.89. The molecule has 0 heterocycles. The van der Waals surface area contributed by atoms with Gasteiger partial charge in [0.05, 0.1) is 0 Å². The number of ketones is 1. The van der Waals surface area contributed by atoms with Crippen LogP contribution in [0.25, 0.3) is 0 Å². The number of hydrogen-bond acceptors (Lipinski definition) is 1. The van der Waals surface area contributed by atoms with E-state index in [-0.39, 0.29) is 0 Å². The molecule has 0 N–H and O–H groups in total. The molecule has 0 aliphatic heterocycles. The van der Waals surface area contributed by atoms with Crippen molar-refractivity contribution < 1.29 is 4.79 Å². The topological polar surface area (TPSA) is 17.1 Å². The Hall–Kier alpha value is -0.330. The van der Waals surface area contributed by atoms with E-state index in [1.54, 1.807) is 6.92 Å². The Kier molecular flexibility index (Phi) is 2.33. The zero-order chi connectivity index (χ0) is 9.52. The Labute approximate surface area is 75.5 Å². The second kappa shape index (κ2) is 2.86. The normalized spacial score (nSPS) is 39.9. The number of carbonyl (C=O) groups is 1. The lowest BCUT2D eigenvalue weighted by Gasteiger charge is -2.24. The first kappa shape index (κ1) is 9.76. The number of rotatable bonds is 1. The third-order valence-corrected chi connectivity index (χ3v) is 3.92. The molecule has 0 aromatic heterocycles. The molecule has 1 aliphatic carbocycles. The standard InChI is InChI=1S/C11H20O/c1-7-8(2)11(4,5)6-10(7)9(3)12/h7-8,10H,6H2,1-5H3/t7-,8+,10-/m0/s1. The second-order valence-corrected chi connectivity index (χ2v) is 5.06. The summed E-state index contributed by atoms with van der Waals surface area (Å²) in [5.74, 6) is 1.93. The molecular weight excluding hydrogens is 148 g/mol. The third kappa shape index (κ3) is 1.41. The molecule has 12 heavy (non-hydrogen) atoms. The van der Waals surface area contributed by atoms with Crippen LogP contribution in [0.3, 0.4) is 0 Å². The Morgan fingerprint density at radius 2 is 1.83 bits per heavy atom. The zero-order valence-corrected chi connectivity index (χ0v) is 8.85. The van der Waals surface area contributed by atoms with Gasteiger partial charge in [-0.25, -0.2) is 0 Å². The summed E-state index contributed by atoms with van der Waals surface area (Å²) in [4.78, 5) is 11.3. The molecule has 0 aromatic carbocycles. The smallest absolute Gasteiger partial charge is 0.133 e. The molecule has 0 unspecified atom stereocenters. The van der Waals surface area contributed by atoms with Crippen molar-refractivity contribution in [2.45, 2.75) is 41.0 Å². The average Bonchev–Trinajstić information content (AvgIpc) is 2.14. The molecule has 1 saturated carbocycles. The highest BCUT2D eigenvalue weighted by atomic mass is 16.1. The maximum absolute atomic E-state index is 11.3. The zero-order valence-electron chi connectivity index (χ0n) is 8.85. The lowest BCUT2D eigenvalue weighted by atomic mass is 9.81. The van der Waals surface area contributed by atoms with Crippen molar-refractivity contribution in [1.82, 2.24) is 0 Å². The van der Waals surface area contributed by atoms with E-state index in [1.807, 2.05) is 0 Å². The summed E-state index contributed by atoms with van der Waals surface area (Å²) in [6.07, 6.45) is 1.07. The van der Waals surface area contributed by atoms with Gasteiger partial charge >= 0.3 is 0 Å². The molecule has 1 fully saturated rings. The molecule has 0 spiro atoms. The first-order chi connectivity index (χ1) is 5.36. The van der Waals surface area contributed by atoms with Crippen LogP contribution >= 0.6 is 0 Å². The quantitative estimate of drug-likeness (QED) is 0.588. The van der Waals surface area contributed by atoms with Crippen molar-refractivity contribution in [2.75, 3.05) is 0 Å². The van der Waals surface area contributed by atoms with E-state index >= 15 is 0 Å². The fourth-order valence-electron chi connectivity index (χ4n) is 2.51. The Balaban J connectivity index is 2.81. The molecule has 1 aliphatic rings. The molecule has 1 heteroatoms. The van der Waals surface area contributed by atoms with Crippen LogP contribution in [0.2, 0.25) is 0 Å². The van der Waals surface area contributed by atoms with Gasteiger partial charge in [-0.2, -0.15) is 0 Å². The van der Waals surface area contributed by atoms with Gasteiger partial charge in [-0.1, -0.05) is 27.7 Å². The van der Waals surface area contributed by atoms with Crippen molar-refractivity contribution in [1.29, 1.82) is 0 Å². The van der Waals surface area contributed by atoms with Crippen LogP contribution in [0, 0.1) is 23.2 Å². The van der Waals surface area contributed by atoms with Gasteiger partial charge in [0, 0.05) is 5.92 Å². The first-order valence-electron chi connectivity index (χ1n) is 4.86. The van der Waals surface area contributed by atoms with E-state index in [2.05, 4.69) is 27.7 Å². The van der Waals surface area contributed by atoms with Gasteiger partial charge in [-0.15, -0.1) is 0 Å². The Morgan fingerprint density at radius 1 is 1.33 bits per heavy atom. The number of Topliss-reactive ketones (excluding diaryl/α,β-unsaturated/α-hetero) is 1. The largest absolute Gasteiger partial charge is 0.300 e. The Morgan fingerprint density at radius 3 is 2.00 bits per heavy atom. The molecule has 0 amide bonds. The molecule has 0 radical (unpaired) electrons. The summed E-state index contributed by atoms with van der Waals surface area (Å²) >= 11 is 0. The fourth-order valence-corrected chi connectivity index (χ4v) is 2.51. The second-order valence-electron chi connectivity index (χ2n) is 5.06. The Bertz CT molecular complexity index is 193. The van der Waals surface area contributed by atoms with Gasteiger partial charge in [0.25, 0.3) is 0 Å². The number of carbonyl (C=O) groups excluding carboxylic acids is 1. The van der Waals surface area contributed by atoms with Gasteiger partial charge in [0.2, 0.25) is 0 Å². The minimum absolute atomic E-state index is 0.315. The van der Waals surface area contributed by atoms with Crippen LogP contribution in [0.4, 0.5) is 0 Å². The van der Waals surface area contributed by atoms with Gasteiger partial charge < -0.3 is 0 Å². The molecule has 3 atom stereocenters. The van der Waals surface area contributed by atoms with Gasteiger partial charge in [-0.05, 0) is 30.6 Å². The summed E-state index contributed by atoms with van der Waals surface area (Å²) in [6, 6.07) is 0. The lowest BCUT2D eigenvalue weighted by molar-refractivity contribution is -0.121. The fraction of sp³-hybridized carbons (Fsp3) is 0.909. The summed E-state index contributed by atoms with van der Waals surface area (Å²) in [5, 5.41) is 0. The SMILES string of the molecule is CC(=O)[C@H]1CC(C)(C)[C@H](C)[C@@H]1C. The molecule has 0 bridgehead atoms. The van der Waals surface area contributed by atoms with Gasteiger partial charge in [0.1, 0.15) is 5.78 Å². The van der Waals surface area contributed by atoms with Crippen molar-refractivity contribution in [3.63, 3.8) is 0 Å². The lowest BCUT2D eigenvalue weighted by Crippen LogP contribution is -2.18. The molecule has 1 rings (SSSR count). The first-order valence-corrected chi connectivity index (χ1v) is 4.86. The third-order valence-electron chi connectivity index (χ3n) is 3.92. The van der Waals surface area contributed by atoms with Gasteiger partial charge in [0.15, 0.2) is 0 Å². The van der Waals surface area contributed by atoms with Crippen molar-refractivity contribution in [3.05, 3.63) is 0 Å². The maximum Gasteiger partial charge on any atom is 0.133 e. The van der Waals surface area contributed by atoms with Crippen LogP contribution in [-0.4, -0.2) is 5.78 Å². The molecule has 0 saturated heterocycles. The van der Waals surface area contributed by atoms with Crippen LogP contribution in [0.15, 0.2) is 0 Å². The van der Waals surface area contributed by atoms with Crippen molar-refractivity contribution >= 4 is 5.78 Å². The van der Waals surface area contributed by atoms with Crippen LogP contribution in [0.1, 0.15) is 41.0 Å². The summed E-state index contributed by atoms with van der Waals surface area (Å²) in [7, 11) is 0. The van der Waals surface area contributed by atoms with Crippen molar-refractivity contribution in [2.24, 2.45) is 23.2 Å². The minimum Gasteiger partial charge on any atom is -0.300 e. The molecule has 70 valence electrons. The predicted molar refractivity (Wildman–Crippen MR) is 50.9 cm³/mol. The highest BCUT2D eigenvalue weighted by Gasteiger charge is 2.44. The summed E-state index contributed by atoms with van der Waals surface area (Å²) in [6.45, 7) is 10.8. The number of hydrogen-bond donors (Lipinski definition) is 0.